The number of carbonyl (C=O) groups excluding carboxylic acids is 1. The zero-order valence-corrected chi connectivity index (χ0v) is 9.13. The monoisotopic (exact) mass is 204 g/mol. The number of urea groups is 1. The molecule has 0 aromatic rings. The van der Waals surface area contributed by atoms with E-state index in [1.165, 1.54) is 7.05 Å². The Morgan fingerprint density at radius 1 is 1.23 bits per heavy atom. The fraction of sp³-hybridized carbons (Fsp3) is 0.714. The van der Waals surface area contributed by atoms with Crippen molar-refractivity contribution in [1.29, 1.82) is 0 Å². The molecule has 0 atom stereocenters. The Morgan fingerprint density at radius 3 is 2.15 bits per heavy atom. The van der Waals surface area contributed by atoms with Crippen LogP contribution in [0.15, 0.2) is 0 Å². The highest BCUT2D eigenvalue weighted by Gasteiger charge is 2.10. The third-order valence-corrected chi connectivity index (χ3v) is 1.21. The van der Waals surface area contributed by atoms with Crippen molar-refractivity contribution < 1.29 is 4.79 Å². The van der Waals surface area contributed by atoms with E-state index in [0.717, 1.165) is 0 Å². The van der Waals surface area contributed by atoms with Gasteiger partial charge in [-0.3, -0.25) is 5.43 Å². The van der Waals surface area contributed by atoms with Crippen molar-refractivity contribution in [1.82, 2.24) is 21.5 Å². The highest BCUT2D eigenvalue weighted by atomic mass is 32.1. The Hall–Kier alpha value is -1.04. The molecular formula is C7H16N4OS. The summed E-state index contributed by atoms with van der Waals surface area (Å²) >= 11 is 4.90. The number of thiocarbonyl (C=S) groups is 1. The van der Waals surface area contributed by atoms with Crippen molar-refractivity contribution in [2.24, 2.45) is 0 Å². The van der Waals surface area contributed by atoms with Crippen LogP contribution < -0.4 is 21.5 Å². The van der Waals surface area contributed by atoms with Crippen molar-refractivity contribution in [3.63, 3.8) is 0 Å². The van der Waals surface area contributed by atoms with Gasteiger partial charge >= 0.3 is 6.03 Å². The van der Waals surface area contributed by atoms with E-state index in [1.807, 2.05) is 20.8 Å². The summed E-state index contributed by atoms with van der Waals surface area (Å²) in [7, 11) is 1.53. The third kappa shape index (κ3) is 7.32. The minimum Gasteiger partial charge on any atom is -0.357 e. The van der Waals surface area contributed by atoms with Crippen LogP contribution in [0.4, 0.5) is 4.79 Å². The predicted octanol–water partition coefficient (Wildman–Crippen LogP) is 0.0930. The summed E-state index contributed by atoms with van der Waals surface area (Å²) in [5, 5.41) is 5.74. The molecule has 13 heavy (non-hydrogen) atoms. The molecule has 0 spiro atoms. The Morgan fingerprint density at radius 2 is 1.77 bits per heavy atom. The number of carbonyl (C=O) groups is 1. The summed E-state index contributed by atoms with van der Waals surface area (Å²) in [5.74, 6) is 0. The Bertz CT molecular complexity index is 199. The van der Waals surface area contributed by atoms with Gasteiger partial charge in [-0.25, -0.2) is 10.2 Å². The van der Waals surface area contributed by atoms with Gasteiger partial charge < -0.3 is 10.6 Å². The Kier molecular flexibility index (Phi) is 4.47. The average molecular weight is 204 g/mol. The van der Waals surface area contributed by atoms with E-state index in [9.17, 15) is 4.79 Å². The van der Waals surface area contributed by atoms with Gasteiger partial charge in [0.15, 0.2) is 5.11 Å². The average Bonchev–Trinajstić information content (AvgIpc) is 1.97. The van der Waals surface area contributed by atoms with Crippen LogP contribution in [0.1, 0.15) is 20.8 Å². The van der Waals surface area contributed by atoms with Crippen molar-refractivity contribution >= 4 is 23.4 Å². The molecule has 0 saturated heterocycles. The maximum Gasteiger partial charge on any atom is 0.333 e. The molecule has 0 fully saturated rings. The molecule has 0 aliphatic rings. The minimum absolute atomic E-state index is 0.117. The molecule has 0 radical (unpaired) electrons. The third-order valence-electron chi connectivity index (χ3n) is 1.01. The zero-order valence-electron chi connectivity index (χ0n) is 8.32. The molecule has 0 heterocycles. The van der Waals surface area contributed by atoms with Gasteiger partial charge in [-0.1, -0.05) is 0 Å². The van der Waals surface area contributed by atoms with Crippen LogP contribution in [-0.2, 0) is 0 Å². The van der Waals surface area contributed by atoms with E-state index in [-0.39, 0.29) is 11.6 Å². The Labute approximate surface area is 83.6 Å². The smallest absolute Gasteiger partial charge is 0.333 e. The van der Waals surface area contributed by atoms with Gasteiger partial charge in [0.05, 0.1) is 0 Å². The molecule has 0 unspecified atom stereocenters. The van der Waals surface area contributed by atoms with Crippen LogP contribution in [0.5, 0.6) is 0 Å². The van der Waals surface area contributed by atoms with Gasteiger partial charge in [0, 0.05) is 12.6 Å². The molecule has 5 nitrogen and oxygen atoms in total. The number of rotatable bonds is 0. The van der Waals surface area contributed by atoms with E-state index >= 15 is 0 Å². The largest absolute Gasteiger partial charge is 0.357 e. The zero-order chi connectivity index (χ0) is 10.5. The summed E-state index contributed by atoms with van der Waals surface area (Å²) in [6.07, 6.45) is 0. The van der Waals surface area contributed by atoms with E-state index in [2.05, 4.69) is 21.5 Å². The summed E-state index contributed by atoms with van der Waals surface area (Å²) in [4.78, 5) is 10.7. The van der Waals surface area contributed by atoms with Crippen LogP contribution in [0.3, 0.4) is 0 Å². The van der Waals surface area contributed by atoms with Crippen molar-refractivity contribution in [2.75, 3.05) is 7.05 Å². The molecule has 0 saturated carbocycles. The predicted molar refractivity (Wildman–Crippen MR) is 56.2 cm³/mol. The molecule has 76 valence electrons. The second-order valence-electron chi connectivity index (χ2n) is 3.53. The lowest BCUT2D eigenvalue weighted by Gasteiger charge is -2.22. The SMILES string of the molecule is CNC(=O)NNC(=S)NC(C)(C)C. The molecule has 2 amide bonds. The highest BCUT2D eigenvalue weighted by Crippen LogP contribution is 1.96. The first-order chi connectivity index (χ1) is 5.85. The summed E-state index contributed by atoms with van der Waals surface area (Å²) in [6, 6.07) is -0.335. The molecule has 6 heteroatoms. The van der Waals surface area contributed by atoms with Gasteiger partial charge in [0.25, 0.3) is 0 Å². The normalized spacial score (nSPS) is 10.2. The van der Waals surface area contributed by atoms with Crippen molar-refractivity contribution in [2.45, 2.75) is 26.3 Å². The first kappa shape index (κ1) is 12.0. The lowest BCUT2D eigenvalue weighted by molar-refractivity contribution is 0.241. The molecule has 0 rings (SSSR count). The standard InChI is InChI=1S/C7H16N4OS/c1-7(2,3)9-6(13)11-10-5(12)8-4/h1-4H3,(H2,8,10,12)(H2,9,11,13). The lowest BCUT2D eigenvalue weighted by Crippen LogP contribution is -2.53. The number of hydrazine groups is 1. The minimum atomic E-state index is -0.335. The maximum atomic E-state index is 10.7. The maximum absolute atomic E-state index is 10.7. The second kappa shape index (κ2) is 4.86. The lowest BCUT2D eigenvalue weighted by atomic mass is 10.1. The Balaban J connectivity index is 3.71. The highest BCUT2D eigenvalue weighted by molar-refractivity contribution is 7.80. The van der Waals surface area contributed by atoms with Crippen LogP contribution >= 0.6 is 12.2 Å². The molecule has 0 aromatic carbocycles. The fourth-order valence-corrected chi connectivity index (χ4v) is 0.905. The van der Waals surface area contributed by atoms with Crippen molar-refractivity contribution in [3.8, 4) is 0 Å². The second-order valence-corrected chi connectivity index (χ2v) is 3.94. The van der Waals surface area contributed by atoms with Crippen molar-refractivity contribution in [3.05, 3.63) is 0 Å². The molecule has 0 aromatic heterocycles. The van der Waals surface area contributed by atoms with Gasteiger partial charge in [-0.05, 0) is 33.0 Å². The van der Waals surface area contributed by atoms with Crippen LogP contribution in [0, 0.1) is 0 Å². The molecular weight excluding hydrogens is 188 g/mol. The summed E-state index contributed by atoms with van der Waals surface area (Å²) in [6.45, 7) is 5.92. The quantitative estimate of drug-likeness (QED) is 0.334. The van der Waals surface area contributed by atoms with E-state index in [1.54, 1.807) is 0 Å². The van der Waals surface area contributed by atoms with Crippen LogP contribution in [-0.4, -0.2) is 23.7 Å². The van der Waals surface area contributed by atoms with Gasteiger partial charge in [0.2, 0.25) is 0 Å². The molecule has 0 aliphatic heterocycles. The van der Waals surface area contributed by atoms with E-state index in [4.69, 9.17) is 12.2 Å². The number of nitrogens with one attached hydrogen (secondary N) is 4. The van der Waals surface area contributed by atoms with Crippen LogP contribution in [0.25, 0.3) is 0 Å². The first-order valence-electron chi connectivity index (χ1n) is 3.91. The summed E-state index contributed by atoms with van der Waals surface area (Å²) < 4.78 is 0. The molecule has 4 N–H and O–H groups in total. The summed E-state index contributed by atoms with van der Waals surface area (Å²) in [5.41, 5.74) is 4.78. The van der Waals surface area contributed by atoms with E-state index < -0.39 is 0 Å². The van der Waals surface area contributed by atoms with Crippen LogP contribution in [0.2, 0.25) is 0 Å². The van der Waals surface area contributed by atoms with E-state index in [0.29, 0.717) is 5.11 Å². The first-order valence-corrected chi connectivity index (χ1v) is 4.32. The fourth-order valence-electron chi connectivity index (χ4n) is 0.548. The number of hydrogen-bond donors (Lipinski definition) is 4. The molecule has 0 bridgehead atoms. The van der Waals surface area contributed by atoms with Gasteiger partial charge in [-0.15, -0.1) is 0 Å². The number of amides is 2. The topological polar surface area (TPSA) is 65.2 Å². The van der Waals surface area contributed by atoms with Gasteiger partial charge in [-0.2, -0.15) is 0 Å². The molecule has 0 aliphatic carbocycles. The number of hydrogen-bond acceptors (Lipinski definition) is 2. The van der Waals surface area contributed by atoms with Gasteiger partial charge in [0.1, 0.15) is 0 Å².